The van der Waals surface area contributed by atoms with Gasteiger partial charge in [0.15, 0.2) is 0 Å². The van der Waals surface area contributed by atoms with Crippen LogP contribution in [0, 0.1) is 6.92 Å². The molecule has 0 bridgehead atoms. The molecule has 0 saturated carbocycles. The predicted octanol–water partition coefficient (Wildman–Crippen LogP) is 15.8. The summed E-state index contributed by atoms with van der Waals surface area (Å²) in [5.41, 5.74) is 18.2. The summed E-state index contributed by atoms with van der Waals surface area (Å²) < 4.78 is -0.0752. The molecule has 2 aliphatic rings. The second kappa shape index (κ2) is 13.9. The second-order valence-corrected chi connectivity index (χ2v) is 61.5. The predicted molar refractivity (Wildman–Crippen MR) is 247 cm³/mol. The quantitative estimate of drug-likeness (QED) is 0.146. The average Bonchev–Trinajstić information content (AvgIpc) is 3.74. The molecule has 0 nitrogen and oxygen atoms in total. The van der Waals surface area contributed by atoms with E-state index in [1.54, 1.807) is 0 Å². The normalized spacial score (nSPS) is 17.7. The Kier molecular flexibility index (Phi) is 9.85. The monoisotopic (exact) mass is 867 g/mol. The van der Waals surface area contributed by atoms with Crippen LogP contribution in [0.15, 0.2) is 127 Å². The van der Waals surface area contributed by atoms with Crippen molar-refractivity contribution >= 4 is 51.4 Å². The number of halogens is 2. The summed E-state index contributed by atoms with van der Waals surface area (Å²) in [6, 6.07) is 45.5. The molecule has 4 heteroatoms. The number of hydrogen-bond donors (Lipinski definition) is 0. The van der Waals surface area contributed by atoms with Crippen LogP contribution in [0.4, 0.5) is 0 Å². The number of allylic oxidation sites excluding steroid dienone is 2. The molecule has 0 N–H and O–H groups in total. The number of hydrogen-bond acceptors (Lipinski definition) is 0. The van der Waals surface area contributed by atoms with Gasteiger partial charge in [-0.1, -0.05) is 0 Å². The average molecular weight is 870 g/mol. The summed E-state index contributed by atoms with van der Waals surface area (Å²) in [6.45, 7) is 23.2. The molecule has 6 aromatic carbocycles. The van der Waals surface area contributed by atoms with E-state index in [0.717, 1.165) is 0 Å². The van der Waals surface area contributed by atoms with Gasteiger partial charge in [0.1, 0.15) is 0 Å². The standard InChI is InChI=1S/C29H25.C21H23.C2H7Si.2ClH.Zr/c1-29(2,3)24-16-14-21(15-17-24)26-12-7-10-22-18-23(19-28(22)26)27-13-6-9-20-8-4-5-11-25(20)27;1-14-12-19-15(2)6-11-18(20(19)13-14)16-7-9-17(10-8-16)21(3,4)5;1-3-2;;;/h4-19H,1-3H3;6-13H,1-5H3;3H,1-2H3;2*1H;/q;;;;;+2/p-2. The van der Waals surface area contributed by atoms with Crippen molar-refractivity contribution in [3.05, 3.63) is 171 Å². The Balaban J connectivity index is 1.37. The first-order valence-electron chi connectivity index (χ1n) is 20.3. The maximum atomic E-state index is 8.95. The molecule has 0 fully saturated rings. The van der Waals surface area contributed by atoms with Gasteiger partial charge in [-0.15, -0.1) is 0 Å². The zero-order valence-corrected chi connectivity index (χ0v) is 39.8. The van der Waals surface area contributed by atoms with Crippen molar-refractivity contribution in [1.82, 2.24) is 0 Å². The summed E-state index contributed by atoms with van der Waals surface area (Å²) in [5, 5.41) is 2.49. The van der Waals surface area contributed by atoms with E-state index in [0.29, 0.717) is 0 Å². The van der Waals surface area contributed by atoms with Gasteiger partial charge in [0.05, 0.1) is 0 Å². The first-order valence-corrected chi connectivity index (χ1v) is 36.6. The molecule has 0 heterocycles. The topological polar surface area (TPSA) is 0 Å². The molecule has 2 atom stereocenters. The summed E-state index contributed by atoms with van der Waals surface area (Å²) in [4.78, 5) is 0. The summed E-state index contributed by atoms with van der Waals surface area (Å²) in [7, 11) is 17.9. The van der Waals surface area contributed by atoms with Crippen molar-refractivity contribution < 1.29 is 15.6 Å². The third-order valence-electron chi connectivity index (χ3n) is 13.1. The Labute approximate surface area is 344 Å². The van der Waals surface area contributed by atoms with E-state index >= 15 is 0 Å². The number of rotatable bonds is 6. The van der Waals surface area contributed by atoms with Gasteiger partial charge in [0.2, 0.25) is 0 Å². The molecular formula is C52H55Cl2SiZr. The van der Waals surface area contributed by atoms with E-state index in [9.17, 15) is 0 Å². The van der Waals surface area contributed by atoms with E-state index < -0.39 is 21.5 Å². The van der Waals surface area contributed by atoms with Gasteiger partial charge in [-0.2, -0.15) is 0 Å². The molecule has 0 spiro atoms. The van der Waals surface area contributed by atoms with Crippen LogP contribution < -0.4 is 0 Å². The fourth-order valence-corrected chi connectivity index (χ4v) is 41.4. The van der Waals surface area contributed by atoms with Crippen LogP contribution in [0.3, 0.4) is 0 Å². The minimum atomic E-state index is -5.13. The maximum absolute atomic E-state index is 8.95. The zero-order valence-electron chi connectivity index (χ0n) is 34.7. The molecule has 0 aromatic heterocycles. The van der Waals surface area contributed by atoms with Crippen LogP contribution in [0.1, 0.15) is 100 Å². The molecule has 0 saturated heterocycles. The minimum absolute atomic E-state index is 0.000657. The summed E-state index contributed by atoms with van der Waals surface area (Å²) >= 11 is -5.13. The number of aryl methyl sites for hydroxylation is 1. The first kappa shape index (κ1) is 39.6. The van der Waals surface area contributed by atoms with Crippen molar-refractivity contribution in [3.8, 4) is 22.3 Å². The Morgan fingerprint density at radius 1 is 0.536 bits per heavy atom. The molecular weight excluding hydrogens is 815 g/mol. The molecule has 2 unspecified atom stereocenters. The van der Waals surface area contributed by atoms with E-state index in [1.807, 2.05) is 0 Å². The van der Waals surface area contributed by atoms with Gasteiger partial charge in [0, 0.05) is 0 Å². The fraction of sp³-hybridized carbons (Fsp3) is 0.269. The van der Waals surface area contributed by atoms with Crippen molar-refractivity contribution in [2.24, 2.45) is 0 Å². The van der Waals surface area contributed by atoms with Gasteiger partial charge >= 0.3 is 347 Å². The zero-order chi connectivity index (χ0) is 40.0. The Bertz CT molecular complexity index is 2570. The molecule has 0 amide bonds. The van der Waals surface area contributed by atoms with E-state index in [4.69, 9.17) is 17.0 Å². The molecule has 0 aliphatic heterocycles. The summed E-state index contributed by atoms with van der Waals surface area (Å²) in [5.74, 6) is -1.79. The SMILES string of the molecule is CC1=Cc2c(-c3ccc(C(C)(C)C)cc3)ccc(C)c2[CH]1[Zr]([Cl])([Cl])([CH]1C(c2cccc3ccccc23)=Cc2c(-c3ccc(C(C)(C)C)cc3)cccc21)[SiH](C)C. The molecule has 8 rings (SSSR count). The Morgan fingerprint density at radius 3 is 1.66 bits per heavy atom. The van der Waals surface area contributed by atoms with Gasteiger partial charge in [-0.3, -0.25) is 0 Å². The van der Waals surface area contributed by atoms with E-state index in [1.165, 1.54) is 88.7 Å². The van der Waals surface area contributed by atoms with Crippen molar-refractivity contribution in [1.29, 1.82) is 0 Å². The van der Waals surface area contributed by atoms with Gasteiger partial charge < -0.3 is 0 Å². The van der Waals surface area contributed by atoms with E-state index in [2.05, 4.69) is 202 Å². The molecule has 6 aromatic rings. The Morgan fingerprint density at radius 2 is 1.07 bits per heavy atom. The molecule has 0 radical (unpaired) electrons. The van der Waals surface area contributed by atoms with Crippen molar-refractivity contribution in [3.63, 3.8) is 0 Å². The van der Waals surface area contributed by atoms with Crippen LogP contribution in [-0.4, -0.2) is 5.92 Å². The van der Waals surface area contributed by atoms with Gasteiger partial charge in [0.25, 0.3) is 0 Å². The van der Waals surface area contributed by atoms with Gasteiger partial charge in [-0.05, 0) is 0 Å². The van der Waals surface area contributed by atoms with Crippen LogP contribution in [-0.2, 0) is 26.4 Å². The fourth-order valence-electron chi connectivity index (χ4n) is 9.88. The van der Waals surface area contributed by atoms with Crippen LogP contribution in [0.5, 0.6) is 0 Å². The van der Waals surface area contributed by atoms with Gasteiger partial charge in [-0.25, -0.2) is 0 Å². The van der Waals surface area contributed by atoms with Crippen LogP contribution in [0.25, 0.3) is 50.8 Å². The molecule has 2 aliphatic carbocycles. The number of benzene rings is 6. The van der Waals surface area contributed by atoms with Crippen molar-refractivity contribution in [2.45, 2.75) is 86.6 Å². The molecule has 56 heavy (non-hydrogen) atoms. The molecule has 285 valence electrons. The van der Waals surface area contributed by atoms with Crippen molar-refractivity contribution in [2.75, 3.05) is 0 Å². The summed E-state index contributed by atoms with van der Waals surface area (Å²) in [6.07, 6.45) is 4.93. The van der Waals surface area contributed by atoms with Crippen LogP contribution in [0.2, 0.25) is 13.1 Å². The third kappa shape index (κ3) is 6.34. The van der Waals surface area contributed by atoms with Crippen LogP contribution >= 0.6 is 17.0 Å². The second-order valence-electron chi connectivity index (χ2n) is 19.0. The first-order chi connectivity index (χ1) is 26.4. The number of fused-ring (bicyclic) bond motifs is 3. The third-order valence-corrected chi connectivity index (χ3v) is 65.0. The van der Waals surface area contributed by atoms with E-state index in [-0.39, 0.29) is 18.1 Å². The Hall–Kier alpha value is -3.26.